The third-order valence-electron chi connectivity index (χ3n) is 2.69. The van der Waals surface area contributed by atoms with Gasteiger partial charge in [0.05, 0.1) is 10.6 Å². The normalized spacial score (nSPS) is 10.8. The SMILES string of the molecule is Cc1nc(-c2noc(N)c2-c2cccc(Br)c2)cs1. The van der Waals surface area contributed by atoms with Crippen molar-refractivity contribution in [1.82, 2.24) is 10.1 Å². The second kappa shape index (κ2) is 4.79. The summed E-state index contributed by atoms with van der Waals surface area (Å²) in [6.07, 6.45) is 0. The van der Waals surface area contributed by atoms with E-state index in [1.54, 1.807) is 11.3 Å². The Labute approximate surface area is 122 Å². The van der Waals surface area contributed by atoms with Crippen molar-refractivity contribution in [3.8, 4) is 22.5 Å². The molecule has 0 amide bonds. The van der Waals surface area contributed by atoms with Gasteiger partial charge in [-0.05, 0) is 24.6 Å². The quantitative estimate of drug-likeness (QED) is 0.765. The van der Waals surface area contributed by atoms with Crippen LogP contribution < -0.4 is 5.73 Å². The maximum absolute atomic E-state index is 5.90. The number of benzene rings is 1. The average Bonchev–Trinajstić information content (AvgIpc) is 2.95. The van der Waals surface area contributed by atoms with Crippen molar-refractivity contribution in [3.05, 3.63) is 39.1 Å². The molecule has 19 heavy (non-hydrogen) atoms. The van der Waals surface area contributed by atoms with E-state index >= 15 is 0 Å². The number of aryl methyl sites for hydroxylation is 1. The Kier molecular flexibility index (Phi) is 3.12. The fourth-order valence-corrected chi connectivity index (χ4v) is 2.87. The van der Waals surface area contributed by atoms with Crippen LogP contribution in [-0.2, 0) is 0 Å². The summed E-state index contributed by atoms with van der Waals surface area (Å²) < 4.78 is 6.11. The van der Waals surface area contributed by atoms with Crippen molar-refractivity contribution in [3.63, 3.8) is 0 Å². The lowest BCUT2D eigenvalue weighted by atomic mass is 10.0. The van der Waals surface area contributed by atoms with Crippen LogP contribution in [0.4, 0.5) is 5.88 Å². The van der Waals surface area contributed by atoms with E-state index in [-0.39, 0.29) is 0 Å². The smallest absolute Gasteiger partial charge is 0.230 e. The van der Waals surface area contributed by atoms with Crippen LogP contribution >= 0.6 is 27.3 Å². The molecule has 2 aromatic heterocycles. The van der Waals surface area contributed by atoms with Crippen molar-refractivity contribution >= 4 is 33.2 Å². The molecular weight excluding hydrogens is 326 g/mol. The number of halogens is 1. The van der Waals surface area contributed by atoms with Gasteiger partial charge in [0.2, 0.25) is 5.88 Å². The summed E-state index contributed by atoms with van der Waals surface area (Å²) in [4.78, 5) is 4.43. The topological polar surface area (TPSA) is 64.9 Å². The number of aromatic nitrogens is 2. The molecule has 3 rings (SSSR count). The van der Waals surface area contributed by atoms with Crippen LogP contribution in [0, 0.1) is 6.92 Å². The Morgan fingerprint density at radius 3 is 2.89 bits per heavy atom. The third-order valence-corrected chi connectivity index (χ3v) is 3.96. The van der Waals surface area contributed by atoms with Gasteiger partial charge in [-0.2, -0.15) is 0 Å². The molecule has 96 valence electrons. The van der Waals surface area contributed by atoms with E-state index in [9.17, 15) is 0 Å². The number of nitrogens with two attached hydrogens (primary N) is 1. The second-order valence-electron chi connectivity index (χ2n) is 4.03. The van der Waals surface area contributed by atoms with E-state index in [1.165, 1.54) is 0 Å². The highest BCUT2D eigenvalue weighted by Crippen LogP contribution is 2.37. The van der Waals surface area contributed by atoms with Crippen molar-refractivity contribution in [2.75, 3.05) is 5.73 Å². The molecule has 1 aromatic carbocycles. The van der Waals surface area contributed by atoms with Crippen LogP contribution in [0.2, 0.25) is 0 Å². The third kappa shape index (κ3) is 2.29. The summed E-state index contributed by atoms with van der Waals surface area (Å²) in [6, 6.07) is 7.85. The second-order valence-corrected chi connectivity index (χ2v) is 6.01. The first-order valence-corrected chi connectivity index (χ1v) is 7.26. The van der Waals surface area contributed by atoms with Gasteiger partial charge in [0.1, 0.15) is 11.4 Å². The summed E-state index contributed by atoms with van der Waals surface area (Å²) in [5.41, 5.74) is 9.11. The Balaban J connectivity index is 2.19. The van der Waals surface area contributed by atoms with Gasteiger partial charge < -0.3 is 10.3 Å². The Morgan fingerprint density at radius 1 is 1.37 bits per heavy atom. The molecule has 0 saturated carbocycles. The van der Waals surface area contributed by atoms with E-state index in [2.05, 4.69) is 26.1 Å². The molecular formula is C13H10BrN3OS. The summed E-state index contributed by atoms with van der Waals surface area (Å²) in [5, 5.41) is 6.97. The number of thiazole rings is 1. The van der Waals surface area contributed by atoms with Gasteiger partial charge in [0.15, 0.2) is 0 Å². The molecule has 0 unspecified atom stereocenters. The zero-order valence-electron chi connectivity index (χ0n) is 10.1. The Bertz CT molecular complexity index is 735. The largest absolute Gasteiger partial charge is 0.367 e. The molecule has 0 radical (unpaired) electrons. The zero-order valence-corrected chi connectivity index (χ0v) is 12.5. The monoisotopic (exact) mass is 335 g/mol. The van der Waals surface area contributed by atoms with E-state index < -0.39 is 0 Å². The predicted octanol–water partition coefficient (Wildman–Crippen LogP) is 4.12. The number of nitrogens with zero attached hydrogens (tertiary/aromatic N) is 2. The highest BCUT2D eigenvalue weighted by atomic mass is 79.9. The molecule has 3 aromatic rings. The van der Waals surface area contributed by atoms with Crippen molar-refractivity contribution in [1.29, 1.82) is 0 Å². The van der Waals surface area contributed by atoms with Gasteiger partial charge in [-0.25, -0.2) is 4.98 Å². The predicted molar refractivity (Wildman–Crippen MR) is 79.9 cm³/mol. The Hall–Kier alpha value is -1.66. The van der Waals surface area contributed by atoms with Gasteiger partial charge in [-0.1, -0.05) is 33.2 Å². The van der Waals surface area contributed by atoms with Crippen molar-refractivity contribution < 1.29 is 4.52 Å². The van der Waals surface area contributed by atoms with Crippen molar-refractivity contribution in [2.24, 2.45) is 0 Å². The molecule has 0 aliphatic carbocycles. The molecule has 0 fully saturated rings. The highest BCUT2D eigenvalue weighted by Gasteiger charge is 2.19. The number of rotatable bonds is 2. The molecule has 0 bridgehead atoms. The number of hydrogen-bond acceptors (Lipinski definition) is 5. The van der Waals surface area contributed by atoms with E-state index in [4.69, 9.17) is 10.3 Å². The van der Waals surface area contributed by atoms with E-state index in [0.29, 0.717) is 11.6 Å². The fourth-order valence-electron chi connectivity index (χ4n) is 1.87. The first-order chi connectivity index (χ1) is 9.15. The molecule has 0 saturated heterocycles. The fraction of sp³-hybridized carbons (Fsp3) is 0.0769. The average molecular weight is 336 g/mol. The molecule has 0 aliphatic rings. The highest BCUT2D eigenvalue weighted by molar-refractivity contribution is 9.10. The van der Waals surface area contributed by atoms with Gasteiger partial charge in [0.25, 0.3) is 0 Å². The summed E-state index contributed by atoms with van der Waals surface area (Å²) in [5.74, 6) is 0.304. The summed E-state index contributed by atoms with van der Waals surface area (Å²) in [7, 11) is 0. The van der Waals surface area contributed by atoms with Crippen LogP contribution in [0.1, 0.15) is 5.01 Å². The van der Waals surface area contributed by atoms with Crippen LogP contribution in [0.5, 0.6) is 0 Å². The maximum atomic E-state index is 5.90. The minimum Gasteiger partial charge on any atom is -0.367 e. The van der Waals surface area contributed by atoms with Crippen LogP contribution in [-0.4, -0.2) is 10.1 Å². The van der Waals surface area contributed by atoms with E-state index in [0.717, 1.165) is 26.3 Å². The summed E-state index contributed by atoms with van der Waals surface area (Å²) in [6.45, 7) is 1.95. The van der Waals surface area contributed by atoms with Gasteiger partial charge in [-0.3, -0.25) is 0 Å². The molecule has 0 atom stereocenters. The lowest BCUT2D eigenvalue weighted by Crippen LogP contribution is -1.88. The molecule has 0 aliphatic heterocycles. The molecule has 2 N–H and O–H groups in total. The molecule has 4 nitrogen and oxygen atoms in total. The lowest BCUT2D eigenvalue weighted by Gasteiger charge is -2.01. The Morgan fingerprint density at radius 2 is 2.21 bits per heavy atom. The van der Waals surface area contributed by atoms with Crippen LogP contribution in [0.15, 0.2) is 38.6 Å². The van der Waals surface area contributed by atoms with Crippen molar-refractivity contribution in [2.45, 2.75) is 6.92 Å². The first kappa shape index (κ1) is 12.4. The minimum atomic E-state index is 0.304. The minimum absolute atomic E-state index is 0.304. The lowest BCUT2D eigenvalue weighted by molar-refractivity contribution is 0.439. The van der Waals surface area contributed by atoms with Gasteiger partial charge >= 0.3 is 0 Å². The zero-order chi connectivity index (χ0) is 13.4. The molecule has 0 spiro atoms. The summed E-state index contributed by atoms with van der Waals surface area (Å²) >= 11 is 5.02. The van der Waals surface area contributed by atoms with Gasteiger partial charge in [-0.15, -0.1) is 11.3 Å². The number of hydrogen-bond donors (Lipinski definition) is 1. The molecule has 2 heterocycles. The number of anilines is 1. The molecule has 6 heteroatoms. The van der Waals surface area contributed by atoms with Crippen LogP contribution in [0.25, 0.3) is 22.5 Å². The van der Waals surface area contributed by atoms with Gasteiger partial charge in [0, 0.05) is 9.85 Å². The number of nitrogen functional groups attached to an aromatic ring is 1. The van der Waals surface area contributed by atoms with E-state index in [1.807, 2.05) is 36.6 Å². The maximum Gasteiger partial charge on any atom is 0.230 e. The first-order valence-electron chi connectivity index (χ1n) is 5.59. The standard InChI is InChI=1S/C13H10BrN3OS/c1-7-16-10(6-19-7)12-11(13(15)18-17-12)8-3-2-4-9(14)5-8/h2-6H,15H2,1H3. The van der Waals surface area contributed by atoms with Crippen LogP contribution in [0.3, 0.4) is 0 Å².